The van der Waals surface area contributed by atoms with Crippen LogP contribution in [0.5, 0.6) is 5.75 Å². The van der Waals surface area contributed by atoms with Gasteiger partial charge < -0.3 is 15.0 Å². The average Bonchev–Trinajstić information content (AvgIpc) is 2.27. The Morgan fingerprint density at radius 2 is 2.00 bits per heavy atom. The van der Waals surface area contributed by atoms with E-state index in [0.29, 0.717) is 11.4 Å². The second-order valence-electron chi connectivity index (χ2n) is 4.70. The second-order valence-corrected chi connectivity index (χ2v) is 4.70. The summed E-state index contributed by atoms with van der Waals surface area (Å²) in [7, 11) is 5.48. The fraction of sp³-hybridized carbons (Fsp3) is 0.429. The van der Waals surface area contributed by atoms with Crippen LogP contribution in [0.15, 0.2) is 18.2 Å². The monoisotopic (exact) mass is 264 g/mol. The molecule has 0 spiro atoms. The third-order valence-electron chi connectivity index (χ3n) is 2.45. The van der Waals surface area contributed by atoms with Crippen LogP contribution in [0.2, 0.25) is 0 Å². The molecule has 0 saturated heterocycles. The molecule has 19 heavy (non-hydrogen) atoms. The number of ketones is 1. The first-order valence-electron chi connectivity index (χ1n) is 6.03. The van der Waals surface area contributed by atoms with E-state index in [2.05, 4.69) is 5.32 Å². The van der Waals surface area contributed by atoms with Crippen molar-refractivity contribution in [3.8, 4) is 5.75 Å². The van der Waals surface area contributed by atoms with E-state index in [4.69, 9.17) is 4.74 Å². The molecule has 0 aliphatic heterocycles. The Balaban J connectivity index is 2.89. The Labute approximate surface area is 113 Å². The van der Waals surface area contributed by atoms with Gasteiger partial charge in [-0.25, -0.2) is 0 Å². The largest absolute Gasteiger partial charge is 0.495 e. The molecule has 0 bridgehead atoms. The summed E-state index contributed by atoms with van der Waals surface area (Å²) in [4.78, 5) is 24.6. The summed E-state index contributed by atoms with van der Waals surface area (Å²) in [6, 6.07) is 5.61. The van der Waals surface area contributed by atoms with E-state index in [9.17, 15) is 9.59 Å². The van der Waals surface area contributed by atoms with Crippen molar-refractivity contribution in [2.24, 2.45) is 0 Å². The molecule has 1 N–H and O–H groups in total. The number of benzene rings is 1. The Morgan fingerprint density at radius 3 is 2.53 bits per heavy atom. The number of carbonyl (C=O) groups is 2. The van der Waals surface area contributed by atoms with Gasteiger partial charge in [0.15, 0.2) is 0 Å². The van der Waals surface area contributed by atoms with Crippen LogP contribution >= 0.6 is 0 Å². The first kappa shape index (κ1) is 15.2. The molecule has 0 aromatic heterocycles. The van der Waals surface area contributed by atoms with Crippen molar-refractivity contribution in [2.45, 2.75) is 19.9 Å². The highest BCUT2D eigenvalue weighted by atomic mass is 16.5. The lowest BCUT2D eigenvalue weighted by Crippen LogP contribution is -2.16. The Bertz CT molecular complexity index is 470. The SMILES string of the molecule is COc1ccc(CN(C)C)cc1NC(=O)CC(C)=O. The van der Waals surface area contributed by atoms with E-state index in [1.807, 2.05) is 37.2 Å². The minimum atomic E-state index is -0.326. The standard InChI is InChI=1S/C14H20N2O3/c1-10(17)7-14(18)15-12-8-11(9-16(2)3)5-6-13(12)19-4/h5-6,8H,7,9H2,1-4H3,(H,15,18). The molecule has 0 heterocycles. The molecule has 0 radical (unpaired) electrons. The van der Waals surface area contributed by atoms with Crippen molar-refractivity contribution in [3.63, 3.8) is 0 Å². The zero-order chi connectivity index (χ0) is 14.4. The topological polar surface area (TPSA) is 58.6 Å². The first-order chi connectivity index (χ1) is 8.92. The van der Waals surface area contributed by atoms with E-state index in [0.717, 1.165) is 12.1 Å². The summed E-state index contributed by atoms with van der Waals surface area (Å²) in [6.45, 7) is 2.15. The molecule has 1 rings (SSSR count). The summed E-state index contributed by atoms with van der Waals surface area (Å²) in [5.74, 6) is 0.0909. The van der Waals surface area contributed by atoms with E-state index < -0.39 is 0 Å². The maximum atomic E-state index is 11.6. The summed E-state index contributed by atoms with van der Waals surface area (Å²) in [6.07, 6.45) is -0.124. The second kappa shape index (κ2) is 6.89. The van der Waals surface area contributed by atoms with Gasteiger partial charge in [-0.3, -0.25) is 9.59 Å². The number of hydrogen-bond donors (Lipinski definition) is 1. The lowest BCUT2D eigenvalue weighted by atomic mass is 10.1. The molecule has 0 aliphatic rings. The number of anilines is 1. The molecule has 0 fully saturated rings. The smallest absolute Gasteiger partial charge is 0.231 e. The zero-order valence-corrected chi connectivity index (χ0v) is 11.8. The average molecular weight is 264 g/mol. The molecule has 5 nitrogen and oxygen atoms in total. The molecule has 0 aliphatic carbocycles. The van der Waals surface area contributed by atoms with Gasteiger partial charge >= 0.3 is 0 Å². The Morgan fingerprint density at radius 1 is 1.32 bits per heavy atom. The molecule has 104 valence electrons. The van der Waals surface area contributed by atoms with Crippen LogP contribution in [0.3, 0.4) is 0 Å². The van der Waals surface area contributed by atoms with Gasteiger partial charge in [0.1, 0.15) is 11.5 Å². The molecular weight excluding hydrogens is 244 g/mol. The summed E-state index contributed by atoms with van der Waals surface area (Å²) in [5.41, 5.74) is 1.65. The predicted octanol–water partition coefficient (Wildman–Crippen LogP) is 1.67. The third-order valence-corrected chi connectivity index (χ3v) is 2.45. The highest BCUT2D eigenvalue weighted by molar-refractivity contribution is 6.04. The quantitative estimate of drug-likeness (QED) is 0.794. The number of nitrogens with zero attached hydrogens (tertiary/aromatic N) is 1. The van der Waals surface area contributed by atoms with Crippen molar-refractivity contribution < 1.29 is 14.3 Å². The minimum absolute atomic E-state index is 0.124. The maximum Gasteiger partial charge on any atom is 0.231 e. The molecule has 5 heteroatoms. The van der Waals surface area contributed by atoms with Gasteiger partial charge in [0.05, 0.1) is 19.2 Å². The van der Waals surface area contributed by atoms with Crippen molar-refractivity contribution >= 4 is 17.4 Å². The van der Waals surface area contributed by atoms with E-state index in [1.54, 1.807) is 7.11 Å². The van der Waals surface area contributed by atoms with Crippen molar-refractivity contribution in [1.82, 2.24) is 4.90 Å². The third kappa shape index (κ3) is 5.09. The summed E-state index contributed by atoms with van der Waals surface area (Å²) < 4.78 is 5.20. The number of Topliss-reactive ketones (excluding diaryl/α,β-unsaturated/α-hetero) is 1. The van der Waals surface area contributed by atoms with Crippen LogP contribution in [-0.4, -0.2) is 37.8 Å². The predicted molar refractivity (Wildman–Crippen MR) is 74.3 cm³/mol. The molecule has 0 saturated carbocycles. The van der Waals surface area contributed by atoms with E-state index >= 15 is 0 Å². The molecule has 1 aromatic rings. The molecule has 0 atom stereocenters. The molecule has 1 aromatic carbocycles. The Hall–Kier alpha value is -1.88. The minimum Gasteiger partial charge on any atom is -0.495 e. The number of carbonyl (C=O) groups excluding carboxylic acids is 2. The lowest BCUT2D eigenvalue weighted by Gasteiger charge is -2.14. The van der Waals surface area contributed by atoms with Crippen LogP contribution in [-0.2, 0) is 16.1 Å². The lowest BCUT2D eigenvalue weighted by molar-refractivity contribution is -0.124. The summed E-state index contributed by atoms with van der Waals surface area (Å²) >= 11 is 0. The van der Waals surface area contributed by atoms with Gasteiger partial charge in [0.2, 0.25) is 5.91 Å². The normalized spacial score (nSPS) is 10.4. The highest BCUT2D eigenvalue weighted by Crippen LogP contribution is 2.26. The first-order valence-corrected chi connectivity index (χ1v) is 6.03. The number of rotatable bonds is 6. The van der Waals surface area contributed by atoms with Crippen LogP contribution in [0.4, 0.5) is 5.69 Å². The fourth-order valence-corrected chi connectivity index (χ4v) is 1.74. The molecule has 1 amide bonds. The van der Waals surface area contributed by atoms with Crippen LogP contribution in [0, 0.1) is 0 Å². The van der Waals surface area contributed by atoms with Crippen LogP contribution in [0.25, 0.3) is 0 Å². The van der Waals surface area contributed by atoms with Crippen molar-refractivity contribution in [3.05, 3.63) is 23.8 Å². The van der Waals surface area contributed by atoms with Crippen molar-refractivity contribution in [1.29, 1.82) is 0 Å². The van der Waals surface area contributed by atoms with Crippen LogP contribution < -0.4 is 10.1 Å². The van der Waals surface area contributed by atoms with Gasteiger partial charge in [-0.15, -0.1) is 0 Å². The fourth-order valence-electron chi connectivity index (χ4n) is 1.74. The van der Waals surface area contributed by atoms with E-state index in [-0.39, 0.29) is 18.1 Å². The number of ether oxygens (including phenoxy) is 1. The van der Waals surface area contributed by atoms with Crippen LogP contribution in [0.1, 0.15) is 18.9 Å². The van der Waals surface area contributed by atoms with E-state index in [1.165, 1.54) is 6.92 Å². The van der Waals surface area contributed by atoms with Crippen molar-refractivity contribution in [2.75, 3.05) is 26.5 Å². The number of hydrogen-bond acceptors (Lipinski definition) is 4. The number of amides is 1. The maximum absolute atomic E-state index is 11.6. The zero-order valence-electron chi connectivity index (χ0n) is 11.8. The van der Waals surface area contributed by atoms with Gasteiger partial charge in [0, 0.05) is 6.54 Å². The number of nitrogens with one attached hydrogen (secondary N) is 1. The molecule has 0 unspecified atom stereocenters. The summed E-state index contributed by atoms with van der Waals surface area (Å²) in [5, 5.41) is 2.70. The molecular formula is C14H20N2O3. The van der Waals surface area contributed by atoms with Gasteiger partial charge in [-0.1, -0.05) is 6.07 Å². The van der Waals surface area contributed by atoms with Gasteiger partial charge in [-0.2, -0.15) is 0 Å². The van der Waals surface area contributed by atoms with Gasteiger partial charge in [0.25, 0.3) is 0 Å². The Kier molecular flexibility index (Phi) is 5.51. The number of methoxy groups -OCH3 is 1. The highest BCUT2D eigenvalue weighted by Gasteiger charge is 2.10. The van der Waals surface area contributed by atoms with Gasteiger partial charge in [-0.05, 0) is 38.7 Å².